The number of halogens is 1. The number of methoxy groups -OCH3 is 2. The molecule has 2 aromatic carbocycles. The maximum atomic E-state index is 12.8. The summed E-state index contributed by atoms with van der Waals surface area (Å²) in [6, 6.07) is 13.0. The van der Waals surface area contributed by atoms with E-state index in [0.717, 1.165) is 0 Å². The van der Waals surface area contributed by atoms with Crippen molar-refractivity contribution in [2.45, 2.75) is 11.6 Å². The zero-order valence-corrected chi connectivity index (χ0v) is 13.3. The highest BCUT2D eigenvalue weighted by molar-refractivity contribution is 6.30. The summed E-state index contributed by atoms with van der Waals surface area (Å²) >= 11 is 5.91. The lowest BCUT2D eigenvalue weighted by molar-refractivity contribution is -0.346. The van der Waals surface area contributed by atoms with E-state index in [0.29, 0.717) is 16.3 Å². The Kier molecular flexibility index (Phi) is 3.90. The van der Waals surface area contributed by atoms with Gasteiger partial charge in [-0.25, -0.2) is 0 Å². The van der Waals surface area contributed by atoms with Gasteiger partial charge in [0.05, 0.1) is 5.56 Å². The van der Waals surface area contributed by atoms with Crippen molar-refractivity contribution in [3.05, 3.63) is 64.7 Å². The Labute approximate surface area is 138 Å². The number of fused-ring (bicyclic) bond motifs is 1. The van der Waals surface area contributed by atoms with Crippen LogP contribution in [0.1, 0.15) is 15.9 Å². The van der Waals surface area contributed by atoms with Crippen molar-refractivity contribution < 1.29 is 24.1 Å². The second-order valence-electron chi connectivity index (χ2n) is 5.10. The van der Waals surface area contributed by atoms with E-state index in [1.54, 1.807) is 48.5 Å². The number of carbonyl (C=O) groups is 1. The highest BCUT2D eigenvalue weighted by atomic mass is 35.5. The molecule has 0 amide bonds. The van der Waals surface area contributed by atoms with Crippen molar-refractivity contribution in [3.63, 3.8) is 0 Å². The average molecular weight is 335 g/mol. The van der Waals surface area contributed by atoms with Gasteiger partial charge in [-0.2, -0.15) is 0 Å². The molecule has 0 radical (unpaired) electrons. The Morgan fingerprint density at radius 2 is 1.70 bits per heavy atom. The van der Waals surface area contributed by atoms with Gasteiger partial charge in [0.15, 0.2) is 0 Å². The Bertz CT molecular complexity index is 745. The first kappa shape index (κ1) is 16.0. The minimum absolute atomic E-state index is 0.221. The van der Waals surface area contributed by atoms with Gasteiger partial charge in [-0.05, 0) is 24.3 Å². The van der Waals surface area contributed by atoms with Gasteiger partial charge < -0.3 is 19.3 Å². The molecular formula is C17H15ClO5. The van der Waals surface area contributed by atoms with Crippen LogP contribution in [-0.4, -0.2) is 30.9 Å². The number of para-hydroxylation sites is 1. The maximum Gasteiger partial charge on any atom is 0.304 e. The van der Waals surface area contributed by atoms with Crippen LogP contribution in [0, 0.1) is 0 Å². The molecule has 0 spiro atoms. The van der Waals surface area contributed by atoms with Crippen LogP contribution < -0.4 is 4.74 Å². The summed E-state index contributed by atoms with van der Waals surface area (Å²) in [5.74, 6) is -4.53. The van der Waals surface area contributed by atoms with Crippen LogP contribution in [0.3, 0.4) is 0 Å². The number of Topliss-reactive ketones (excluding diaryl/α,β-unsaturated/α-hetero) is 1. The smallest absolute Gasteiger partial charge is 0.304 e. The fourth-order valence-corrected chi connectivity index (χ4v) is 2.87. The van der Waals surface area contributed by atoms with E-state index in [2.05, 4.69) is 0 Å². The number of benzene rings is 2. The number of rotatable bonds is 3. The third-order valence-corrected chi connectivity index (χ3v) is 4.20. The Balaban J connectivity index is 2.26. The van der Waals surface area contributed by atoms with Crippen molar-refractivity contribution in [3.8, 4) is 5.75 Å². The van der Waals surface area contributed by atoms with E-state index in [9.17, 15) is 9.90 Å². The second kappa shape index (κ2) is 5.62. The largest absolute Gasteiger partial charge is 0.451 e. The van der Waals surface area contributed by atoms with Crippen LogP contribution in [0.25, 0.3) is 0 Å². The van der Waals surface area contributed by atoms with Gasteiger partial charge in [-0.3, -0.25) is 4.79 Å². The molecule has 2 aromatic rings. The first-order valence-electron chi connectivity index (χ1n) is 6.90. The van der Waals surface area contributed by atoms with Crippen molar-refractivity contribution in [2.24, 2.45) is 0 Å². The predicted molar refractivity (Wildman–Crippen MR) is 83.5 cm³/mol. The fourth-order valence-electron chi connectivity index (χ4n) is 2.75. The summed E-state index contributed by atoms with van der Waals surface area (Å²) in [4.78, 5) is 12.8. The minimum atomic E-state index is -2.34. The first-order chi connectivity index (χ1) is 11.0. The molecule has 1 aliphatic rings. The molecule has 0 unspecified atom stereocenters. The normalized spacial score (nSPS) is 26.5. The molecule has 5 nitrogen and oxygen atoms in total. The summed E-state index contributed by atoms with van der Waals surface area (Å²) in [6.07, 6.45) is 0. The van der Waals surface area contributed by atoms with Gasteiger partial charge in [0.2, 0.25) is 5.78 Å². The lowest BCUT2D eigenvalue weighted by Crippen LogP contribution is -2.64. The summed E-state index contributed by atoms with van der Waals surface area (Å²) in [7, 11) is 2.55. The van der Waals surface area contributed by atoms with Crippen molar-refractivity contribution in [1.82, 2.24) is 0 Å². The number of carbonyl (C=O) groups excluding carboxylic acids is 1. The monoisotopic (exact) mass is 334 g/mol. The van der Waals surface area contributed by atoms with Crippen LogP contribution in [0.2, 0.25) is 5.02 Å². The van der Waals surface area contributed by atoms with Crippen LogP contribution >= 0.6 is 11.6 Å². The van der Waals surface area contributed by atoms with E-state index in [4.69, 9.17) is 25.8 Å². The topological polar surface area (TPSA) is 65.0 Å². The highest BCUT2D eigenvalue weighted by Crippen LogP contribution is 2.46. The van der Waals surface area contributed by atoms with E-state index >= 15 is 0 Å². The van der Waals surface area contributed by atoms with E-state index in [1.807, 2.05) is 0 Å². The molecule has 6 heteroatoms. The van der Waals surface area contributed by atoms with Gasteiger partial charge in [-0.1, -0.05) is 35.9 Å². The molecule has 120 valence electrons. The summed E-state index contributed by atoms with van der Waals surface area (Å²) in [5, 5.41) is 11.5. The molecule has 1 N–H and O–H groups in total. The highest BCUT2D eigenvalue weighted by Gasteiger charge is 2.64. The maximum absolute atomic E-state index is 12.8. The molecule has 0 bridgehead atoms. The average Bonchev–Trinajstić information content (AvgIpc) is 2.59. The fraction of sp³-hybridized carbons (Fsp3) is 0.235. The molecular weight excluding hydrogens is 320 g/mol. The van der Waals surface area contributed by atoms with Crippen LogP contribution in [-0.2, 0) is 15.3 Å². The Morgan fingerprint density at radius 3 is 2.30 bits per heavy atom. The number of hydrogen-bond donors (Lipinski definition) is 1. The third kappa shape index (κ3) is 2.16. The second-order valence-corrected chi connectivity index (χ2v) is 5.54. The molecule has 2 atom stereocenters. The first-order valence-corrected chi connectivity index (χ1v) is 7.28. The minimum Gasteiger partial charge on any atom is -0.451 e. The van der Waals surface area contributed by atoms with Gasteiger partial charge >= 0.3 is 5.79 Å². The molecule has 23 heavy (non-hydrogen) atoms. The standard InChI is InChI=1S/C17H15ClO5/c1-21-16(20)15(19)13-5-3-4-6-14(13)23-17(16,22-2)11-7-9-12(18)10-8-11/h3-10,20H,1-2H3/t16-,17-/m1/s1. The van der Waals surface area contributed by atoms with E-state index in [1.165, 1.54) is 14.2 Å². The number of aliphatic hydroxyl groups is 1. The third-order valence-electron chi connectivity index (χ3n) is 3.95. The lowest BCUT2D eigenvalue weighted by atomic mass is 9.86. The van der Waals surface area contributed by atoms with Gasteiger partial charge in [-0.15, -0.1) is 0 Å². The molecule has 1 heterocycles. The van der Waals surface area contributed by atoms with Crippen LogP contribution in [0.15, 0.2) is 48.5 Å². The summed E-state index contributed by atoms with van der Waals surface area (Å²) in [6.45, 7) is 0. The quantitative estimate of drug-likeness (QED) is 0.874. The number of ketones is 1. The van der Waals surface area contributed by atoms with E-state index in [-0.39, 0.29) is 5.56 Å². The van der Waals surface area contributed by atoms with Gasteiger partial charge in [0.1, 0.15) is 5.75 Å². The van der Waals surface area contributed by atoms with Crippen molar-refractivity contribution in [2.75, 3.05) is 14.2 Å². The zero-order valence-electron chi connectivity index (χ0n) is 12.6. The number of hydrogen-bond acceptors (Lipinski definition) is 5. The number of ether oxygens (including phenoxy) is 3. The Morgan fingerprint density at radius 1 is 1.04 bits per heavy atom. The summed E-state index contributed by atoms with van der Waals surface area (Å²) in [5.41, 5.74) is 0.620. The SMILES string of the molecule is CO[C@]1(c2ccc(Cl)cc2)Oc2ccccc2C(=O)[C@@]1(O)OC. The van der Waals surface area contributed by atoms with Crippen LogP contribution in [0.5, 0.6) is 5.75 Å². The molecule has 1 aliphatic heterocycles. The zero-order chi connectivity index (χ0) is 16.7. The summed E-state index contributed by atoms with van der Waals surface area (Å²) < 4.78 is 16.6. The van der Waals surface area contributed by atoms with Crippen molar-refractivity contribution >= 4 is 17.4 Å². The lowest BCUT2D eigenvalue weighted by Gasteiger charge is -2.46. The molecule has 0 saturated heterocycles. The predicted octanol–water partition coefficient (Wildman–Crippen LogP) is 2.75. The molecule has 0 saturated carbocycles. The van der Waals surface area contributed by atoms with E-state index < -0.39 is 17.4 Å². The van der Waals surface area contributed by atoms with Crippen LogP contribution in [0.4, 0.5) is 0 Å². The van der Waals surface area contributed by atoms with Gasteiger partial charge in [0.25, 0.3) is 5.79 Å². The van der Waals surface area contributed by atoms with Crippen molar-refractivity contribution in [1.29, 1.82) is 0 Å². The molecule has 0 fully saturated rings. The molecule has 3 rings (SSSR count). The van der Waals surface area contributed by atoms with Gasteiger partial charge in [0, 0.05) is 24.8 Å². The molecule has 0 aliphatic carbocycles. The Hall–Kier alpha value is -1.92. The molecule has 0 aromatic heterocycles.